The van der Waals surface area contributed by atoms with Crippen molar-refractivity contribution in [2.75, 3.05) is 5.32 Å². The second-order valence-electron chi connectivity index (χ2n) is 3.83. The lowest BCUT2D eigenvalue weighted by Crippen LogP contribution is -2.04. The summed E-state index contributed by atoms with van der Waals surface area (Å²) in [6.45, 7) is 1.73. The number of non-ortho nitro benzene ring substituents is 1. The van der Waals surface area contributed by atoms with Crippen LogP contribution in [0.5, 0.6) is 0 Å². The van der Waals surface area contributed by atoms with Crippen molar-refractivity contribution in [3.8, 4) is 0 Å². The average molecular weight is 269 g/mol. The number of nitro benzene ring substituents is 1. The average Bonchev–Trinajstić information content (AvgIpc) is 2.73. The van der Waals surface area contributed by atoms with Gasteiger partial charge in [-0.1, -0.05) is 5.16 Å². The van der Waals surface area contributed by atoms with Gasteiger partial charge in [-0.05, 0) is 6.92 Å². The number of rotatable bonds is 4. The van der Waals surface area contributed by atoms with Crippen LogP contribution in [0.3, 0.4) is 0 Å². The Morgan fingerprint density at radius 3 is 2.47 bits per heavy atom. The Labute approximate surface area is 106 Å². The minimum absolute atomic E-state index is 0.0203. The van der Waals surface area contributed by atoms with Gasteiger partial charge in [0.15, 0.2) is 17.4 Å². The molecule has 8 heteroatoms. The fourth-order valence-electron chi connectivity index (χ4n) is 1.51. The minimum atomic E-state index is -1.04. The van der Waals surface area contributed by atoms with E-state index in [9.17, 15) is 18.9 Å². The summed E-state index contributed by atoms with van der Waals surface area (Å²) in [5, 5.41) is 16.5. The molecule has 0 aliphatic heterocycles. The number of anilines is 1. The maximum atomic E-state index is 13.5. The number of hydrogen-bond donors (Lipinski definition) is 1. The van der Waals surface area contributed by atoms with E-state index in [4.69, 9.17) is 4.52 Å². The van der Waals surface area contributed by atoms with Crippen LogP contribution in [0.1, 0.15) is 11.5 Å². The molecule has 0 aliphatic rings. The van der Waals surface area contributed by atoms with Gasteiger partial charge in [-0.2, -0.15) is 0 Å². The largest absolute Gasteiger partial charge is 0.373 e. The van der Waals surface area contributed by atoms with Crippen LogP contribution in [0.25, 0.3) is 0 Å². The molecule has 1 aromatic heterocycles. The Bertz CT molecular complexity index is 604. The normalized spacial score (nSPS) is 10.5. The van der Waals surface area contributed by atoms with Crippen LogP contribution in [0.2, 0.25) is 0 Å². The zero-order valence-corrected chi connectivity index (χ0v) is 9.81. The molecule has 0 atom stereocenters. The minimum Gasteiger partial charge on any atom is -0.373 e. The van der Waals surface area contributed by atoms with Gasteiger partial charge in [0, 0.05) is 6.07 Å². The Morgan fingerprint density at radius 1 is 1.37 bits per heavy atom. The van der Waals surface area contributed by atoms with Crippen LogP contribution in [0.15, 0.2) is 22.7 Å². The molecule has 2 aromatic rings. The van der Waals surface area contributed by atoms with Gasteiger partial charge in [0.25, 0.3) is 5.69 Å². The molecule has 0 amide bonds. The SMILES string of the molecule is Cc1cc(CNc2c(F)cc([N+](=O)[O-])cc2F)on1. The Hall–Kier alpha value is -2.51. The van der Waals surface area contributed by atoms with Crippen molar-refractivity contribution in [2.45, 2.75) is 13.5 Å². The first-order valence-electron chi connectivity index (χ1n) is 5.27. The van der Waals surface area contributed by atoms with E-state index in [2.05, 4.69) is 10.5 Å². The van der Waals surface area contributed by atoms with Crippen molar-refractivity contribution in [1.29, 1.82) is 0 Å². The van der Waals surface area contributed by atoms with Gasteiger partial charge >= 0.3 is 0 Å². The van der Waals surface area contributed by atoms with Gasteiger partial charge in [-0.3, -0.25) is 10.1 Å². The Morgan fingerprint density at radius 2 is 2.00 bits per heavy atom. The third kappa shape index (κ3) is 2.84. The van der Waals surface area contributed by atoms with Gasteiger partial charge in [0.05, 0.1) is 29.3 Å². The predicted octanol–water partition coefficient (Wildman–Crippen LogP) is 2.78. The summed E-state index contributed by atoms with van der Waals surface area (Å²) in [6, 6.07) is 2.91. The fraction of sp³-hybridized carbons (Fsp3) is 0.182. The fourth-order valence-corrected chi connectivity index (χ4v) is 1.51. The van der Waals surface area contributed by atoms with Crippen molar-refractivity contribution >= 4 is 11.4 Å². The van der Waals surface area contributed by atoms with Crippen molar-refractivity contribution < 1.29 is 18.2 Å². The molecule has 0 fully saturated rings. The highest BCUT2D eigenvalue weighted by molar-refractivity contribution is 5.51. The van der Waals surface area contributed by atoms with Crippen molar-refractivity contribution in [2.24, 2.45) is 0 Å². The third-order valence-corrected chi connectivity index (χ3v) is 2.35. The monoisotopic (exact) mass is 269 g/mol. The van der Waals surface area contributed by atoms with E-state index in [1.54, 1.807) is 13.0 Å². The standard InChI is InChI=1S/C11H9F2N3O3/c1-6-2-8(19-15-6)5-14-11-9(12)3-7(16(17)18)4-10(11)13/h2-4,14H,5H2,1H3. The first-order valence-corrected chi connectivity index (χ1v) is 5.27. The van der Waals surface area contributed by atoms with Crippen LogP contribution < -0.4 is 5.32 Å². The van der Waals surface area contributed by atoms with E-state index in [0.29, 0.717) is 23.6 Å². The number of halogens is 2. The first-order chi connectivity index (χ1) is 8.97. The van der Waals surface area contributed by atoms with E-state index in [0.717, 1.165) is 0 Å². The lowest BCUT2D eigenvalue weighted by Gasteiger charge is -2.06. The van der Waals surface area contributed by atoms with E-state index in [1.807, 2.05) is 0 Å². The van der Waals surface area contributed by atoms with Crippen molar-refractivity contribution in [3.05, 3.63) is 51.4 Å². The molecule has 1 heterocycles. The van der Waals surface area contributed by atoms with E-state index in [1.165, 1.54) is 0 Å². The lowest BCUT2D eigenvalue weighted by atomic mass is 10.2. The summed E-state index contributed by atoms with van der Waals surface area (Å²) in [6.07, 6.45) is 0. The molecule has 0 aliphatic carbocycles. The Kier molecular flexibility index (Phi) is 3.41. The quantitative estimate of drug-likeness (QED) is 0.681. The first kappa shape index (κ1) is 12.9. The smallest absolute Gasteiger partial charge is 0.275 e. The third-order valence-electron chi connectivity index (χ3n) is 2.35. The van der Waals surface area contributed by atoms with Crippen LogP contribution in [-0.2, 0) is 6.54 Å². The number of benzene rings is 1. The van der Waals surface area contributed by atoms with Crippen molar-refractivity contribution in [3.63, 3.8) is 0 Å². The number of nitro groups is 1. The van der Waals surface area contributed by atoms with Crippen LogP contribution in [0.4, 0.5) is 20.2 Å². The second-order valence-corrected chi connectivity index (χ2v) is 3.83. The molecule has 6 nitrogen and oxygen atoms in total. The molecular formula is C11H9F2N3O3. The molecule has 0 saturated carbocycles. The van der Waals surface area contributed by atoms with Crippen LogP contribution >= 0.6 is 0 Å². The number of hydrogen-bond acceptors (Lipinski definition) is 5. The van der Waals surface area contributed by atoms with E-state index >= 15 is 0 Å². The molecular weight excluding hydrogens is 260 g/mol. The summed E-state index contributed by atoms with van der Waals surface area (Å²) in [7, 11) is 0. The molecule has 0 radical (unpaired) electrons. The zero-order valence-electron chi connectivity index (χ0n) is 9.81. The number of aromatic nitrogens is 1. The highest BCUT2D eigenvalue weighted by atomic mass is 19.1. The summed E-state index contributed by atoms with van der Waals surface area (Å²) in [5.74, 6) is -1.68. The highest BCUT2D eigenvalue weighted by Gasteiger charge is 2.17. The maximum absolute atomic E-state index is 13.5. The van der Waals surface area contributed by atoms with Crippen LogP contribution in [-0.4, -0.2) is 10.1 Å². The van der Waals surface area contributed by atoms with Gasteiger partial charge in [-0.25, -0.2) is 8.78 Å². The van der Waals surface area contributed by atoms with Crippen molar-refractivity contribution in [1.82, 2.24) is 5.16 Å². The maximum Gasteiger partial charge on any atom is 0.275 e. The summed E-state index contributed by atoms with van der Waals surface area (Å²) in [4.78, 5) is 9.56. The highest BCUT2D eigenvalue weighted by Crippen LogP contribution is 2.25. The zero-order chi connectivity index (χ0) is 14.0. The number of aryl methyl sites for hydroxylation is 1. The molecule has 0 saturated heterocycles. The lowest BCUT2D eigenvalue weighted by molar-refractivity contribution is -0.385. The van der Waals surface area contributed by atoms with Gasteiger partial charge in [0.2, 0.25) is 0 Å². The summed E-state index contributed by atoms with van der Waals surface area (Å²) in [5.41, 5.74) is -0.447. The summed E-state index contributed by atoms with van der Waals surface area (Å²) >= 11 is 0. The number of nitrogens with zero attached hydrogens (tertiary/aromatic N) is 2. The molecule has 0 bridgehead atoms. The topological polar surface area (TPSA) is 81.2 Å². The van der Waals surface area contributed by atoms with Gasteiger partial charge in [0.1, 0.15) is 5.69 Å². The molecule has 0 unspecified atom stereocenters. The predicted molar refractivity (Wildman–Crippen MR) is 61.6 cm³/mol. The number of nitrogens with one attached hydrogen (secondary N) is 1. The molecule has 2 rings (SSSR count). The van der Waals surface area contributed by atoms with E-state index in [-0.39, 0.29) is 6.54 Å². The molecule has 100 valence electrons. The molecule has 1 aromatic carbocycles. The van der Waals surface area contributed by atoms with Gasteiger partial charge < -0.3 is 9.84 Å². The molecule has 1 N–H and O–H groups in total. The van der Waals surface area contributed by atoms with E-state index < -0.39 is 27.9 Å². The second kappa shape index (κ2) is 5.01. The molecule has 19 heavy (non-hydrogen) atoms. The summed E-state index contributed by atoms with van der Waals surface area (Å²) < 4.78 is 31.9. The van der Waals surface area contributed by atoms with Crippen LogP contribution in [0, 0.1) is 28.7 Å². The molecule has 0 spiro atoms. The van der Waals surface area contributed by atoms with Gasteiger partial charge in [-0.15, -0.1) is 0 Å². The Balaban J connectivity index is 2.18.